The van der Waals surface area contributed by atoms with E-state index in [0.717, 1.165) is 22.2 Å². The summed E-state index contributed by atoms with van der Waals surface area (Å²) in [5.74, 6) is 0.296. The molecule has 0 aliphatic rings. The van der Waals surface area contributed by atoms with Gasteiger partial charge in [0.05, 0.1) is 7.11 Å². The Balaban J connectivity index is 0.00000300. The van der Waals surface area contributed by atoms with Gasteiger partial charge in [-0.25, -0.2) is 4.79 Å². The van der Waals surface area contributed by atoms with Crippen molar-refractivity contribution in [3.8, 4) is 11.1 Å². The molecule has 0 saturated heterocycles. The van der Waals surface area contributed by atoms with Crippen LogP contribution in [0.1, 0.15) is 19.5 Å². The number of methoxy groups -OCH3 is 1. The Kier molecular flexibility index (Phi) is 7.42. The molecule has 0 atom stereocenters. The predicted molar refractivity (Wildman–Crippen MR) is 120 cm³/mol. The van der Waals surface area contributed by atoms with Crippen LogP contribution in [0.2, 0.25) is 0 Å². The standard InChI is InChI=1S/C22H25N3O3.ClH/c1-14(2)13-25-19(12-23)20(15-7-5-4-6-8-15)18-11-16(24-22(27)28-3)9-10-17(18)21(25)26;/h4-11,14H,12-13,23H2,1-3H3,(H,24,27);1H. The molecule has 0 aliphatic heterocycles. The summed E-state index contributed by atoms with van der Waals surface area (Å²) in [6.45, 7) is 4.96. The highest BCUT2D eigenvalue weighted by Crippen LogP contribution is 2.32. The third kappa shape index (κ3) is 4.60. The maximum atomic E-state index is 13.2. The van der Waals surface area contributed by atoms with Crippen molar-refractivity contribution >= 4 is 35.0 Å². The van der Waals surface area contributed by atoms with Crippen LogP contribution in [0, 0.1) is 5.92 Å². The molecule has 29 heavy (non-hydrogen) atoms. The first-order chi connectivity index (χ1) is 13.5. The second kappa shape index (κ2) is 9.58. The summed E-state index contributed by atoms with van der Waals surface area (Å²) in [4.78, 5) is 24.8. The second-order valence-electron chi connectivity index (χ2n) is 7.08. The summed E-state index contributed by atoms with van der Waals surface area (Å²) in [6, 6.07) is 15.1. The summed E-state index contributed by atoms with van der Waals surface area (Å²) in [7, 11) is 1.31. The third-order valence-corrected chi connectivity index (χ3v) is 4.61. The number of aromatic nitrogens is 1. The topological polar surface area (TPSA) is 86.3 Å². The van der Waals surface area contributed by atoms with Gasteiger partial charge in [-0.05, 0) is 35.1 Å². The molecular formula is C22H26ClN3O3. The molecule has 0 spiro atoms. The Bertz CT molecular complexity index is 1060. The van der Waals surface area contributed by atoms with Crippen LogP contribution in [-0.4, -0.2) is 17.8 Å². The van der Waals surface area contributed by atoms with Gasteiger partial charge in [0.2, 0.25) is 0 Å². The second-order valence-corrected chi connectivity index (χ2v) is 7.08. The Labute approximate surface area is 176 Å². The fourth-order valence-corrected chi connectivity index (χ4v) is 3.44. The number of amides is 1. The molecule has 0 aliphatic carbocycles. The largest absolute Gasteiger partial charge is 0.453 e. The van der Waals surface area contributed by atoms with Crippen LogP contribution >= 0.6 is 12.4 Å². The lowest BCUT2D eigenvalue weighted by Gasteiger charge is -2.21. The fourth-order valence-electron chi connectivity index (χ4n) is 3.44. The number of fused-ring (bicyclic) bond motifs is 1. The predicted octanol–water partition coefficient (Wildman–Crippen LogP) is 4.38. The highest BCUT2D eigenvalue weighted by atomic mass is 35.5. The zero-order valence-corrected chi connectivity index (χ0v) is 17.6. The highest BCUT2D eigenvalue weighted by molar-refractivity contribution is 6.00. The number of hydrogen-bond donors (Lipinski definition) is 2. The van der Waals surface area contributed by atoms with Gasteiger partial charge >= 0.3 is 6.09 Å². The molecule has 2 aromatic carbocycles. The smallest absolute Gasteiger partial charge is 0.411 e. The van der Waals surface area contributed by atoms with Crippen LogP contribution < -0.4 is 16.6 Å². The van der Waals surface area contributed by atoms with E-state index in [9.17, 15) is 9.59 Å². The summed E-state index contributed by atoms with van der Waals surface area (Å²) in [5.41, 5.74) is 9.26. The number of pyridine rings is 1. The van der Waals surface area contributed by atoms with Crippen molar-refractivity contribution in [1.29, 1.82) is 0 Å². The molecule has 1 heterocycles. The number of nitrogens with one attached hydrogen (secondary N) is 1. The van der Waals surface area contributed by atoms with Gasteiger partial charge in [0, 0.05) is 35.4 Å². The minimum absolute atomic E-state index is 0. The minimum Gasteiger partial charge on any atom is -0.453 e. The van der Waals surface area contributed by atoms with Gasteiger partial charge in [-0.3, -0.25) is 10.1 Å². The summed E-state index contributed by atoms with van der Waals surface area (Å²) in [6.07, 6.45) is -0.562. The van der Waals surface area contributed by atoms with Gasteiger partial charge in [0.25, 0.3) is 5.56 Å². The highest BCUT2D eigenvalue weighted by Gasteiger charge is 2.18. The zero-order chi connectivity index (χ0) is 20.3. The lowest BCUT2D eigenvalue weighted by atomic mass is 9.96. The van der Waals surface area contributed by atoms with E-state index in [4.69, 9.17) is 5.73 Å². The maximum Gasteiger partial charge on any atom is 0.411 e. The molecule has 6 nitrogen and oxygen atoms in total. The molecule has 7 heteroatoms. The van der Waals surface area contributed by atoms with Gasteiger partial charge in [-0.2, -0.15) is 0 Å². The van der Waals surface area contributed by atoms with Crippen molar-refractivity contribution in [3.05, 3.63) is 64.6 Å². The monoisotopic (exact) mass is 415 g/mol. The van der Waals surface area contributed by atoms with Crippen LogP contribution in [0.25, 0.3) is 21.9 Å². The van der Waals surface area contributed by atoms with E-state index in [1.54, 1.807) is 22.8 Å². The number of nitrogens with zero attached hydrogens (tertiary/aromatic N) is 1. The van der Waals surface area contributed by atoms with Gasteiger partial charge in [0.15, 0.2) is 0 Å². The molecule has 0 saturated carbocycles. The third-order valence-electron chi connectivity index (χ3n) is 4.61. The molecule has 3 rings (SSSR count). The average molecular weight is 416 g/mol. The van der Waals surface area contributed by atoms with Crippen molar-refractivity contribution in [1.82, 2.24) is 4.57 Å². The zero-order valence-electron chi connectivity index (χ0n) is 16.8. The van der Waals surface area contributed by atoms with Crippen LogP contribution in [0.4, 0.5) is 10.5 Å². The van der Waals surface area contributed by atoms with Crippen LogP contribution in [0.5, 0.6) is 0 Å². The number of anilines is 1. The summed E-state index contributed by atoms with van der Waals surface area (Å²) >= 11 is 0. The van der Waals surface area contributed by atoms with Crippen LogP contribution in [0.3, 0.4) is 0 Å². The van der Waals surface area contributed by atoms with Gasteiger partial charge in [0.1, 0.15) is 0 Å². The number of hydrogen-bond acceptors (Lipinski definition) is 4. The van der Waals surface area contributed by atoms with Crippen molar-refractivity contribution in [2.24, 2.45) is 11.7 Å². The van der Waals surface area contributed by atoms with Gasteiger partial charge in [-0.15, -0.1) is 12.4 Å². The molecule has 0 fully saturated rings. The van der Waals surface area contributed by atoms with Crippen molar-refractivity contribution in [3.63, 3.8) is 0 Å². The van der Waals surface area contributed by atoms with E-state index in [-0.39, 0.29) is 24.5 Å². The number of halogens is 1. The number of benzene rings is 2. The van der Waals surface area contributed by atoms with Crippen molar-refractivity contribution in [2.75, 3.05) is 12.4 Å². The minimum atomic E-state index is -0.562. The Morgan fingerprint density at radius 1 is 1.14 bits per heavy atom. The van der Waals surface area contributed by atoms with Crippen LogP contribution in [0.15, 0.2) is 53.3 Å². The molecule has 1 amide bonds. The molecule has 154 valence electrons. The number of ether oxygens (including phenoxy) is 1. The molecule has 1 aromatic heterocycles. The van der Waals surface area contributed by atoms with Crippen LogP contribution in [-0.2, 0) is 17.8 Å². The molecule has 3 N–H and O–H groups in total. The van der Waals surface area contributed by atoms with E-state index in [0.29, 0.717) is 23.5 Å². The SMILES string of the molecule is COC(=O)Nc1ccc2c(=O)n(CC(C)C)c(CN)c(-c3ccccc3)c2c1.Cl. The van der Waals surface area contributed by atoms with Crippen molar-refractivity contribution in [2.45, 2.75) is 26.9 Å². The number of rotatable bonds is 5. The molecular weight excluding hydrogens is 390 g/mol. The number of carbonyl (C=O) groups excluding carboxylic acids is 1. The lowest BCUT2D eigenvalue weighted by molar-refractivity contribution is 0.187. The Hall–Kier alpha value is -2.83. The first-order valence-corrected chi connectivity index (χ1v) is 9.26. The quantitative estimate of drug-likeness (QED) is 0.647. The Morgan fingerprint density at radius 3 is 2.41 bits per heavy atom. The van der Waals surface area contributed by atoms with E-state index < -0.39 is 6.09 Å². The van der Waals surface area contributed by atoms with Crippen molar-refractivity contribution < 1.29 is 9.53 Å². The number of carbonyl (C=O) groups is 1. The summed E-state index contributed by atoms with van der Waals surface area (Å²) < 4.78 is 6.46. The first kappa shape index (κ1) is 22.5. The molecule has 0 radical (unpaired) electrons. The van der Waals surface area contributed by atoms with E-state index in [1.807, 2.05) is 30.3 Å². The summed E-state index contributed by atoms with van der Waals surface area (Å²) in [5, 5.41) is 4.01. The van der Waals surface area contributed by atoms with Gasteiger partial charge < -0.3 is 15.0 Å². The molecule has 0 unspecified atom stereocenters. The number of nitrogens with two attached hydrogens (primary N) is 1. The van der Waals surface area contributed by atoms with E-state index >= 15 is 0 Å². The van der Waals surface area contributed by atoms with E-state index in [2.05, 4.69) is 23.9 Å². The average Bonchev–Trinajstić information content (AvgIpc) is 2.70. The lowest BCUT2D eigenvalue weighted by Crippen LogP contribution is -2.28. The normalized spacial score (nSPS) is 10.7. The fraction of sp³-hybridized carbons (Fsp3) is 0.273. The first-order valence-electron chi connectivity index (χ1n) is 9.26. The van der Waals surface area contributed by atoms with Gasteiger partial charge in [-0.1, -0.05) is 44.2 Å². The Morgan fingerprint density at radius 2 is 1.83 bits per heavy atom. The molecule has 0 bridgehead atoms. The van der Waals surface area contributed by atoms with E-state index in [1.165, 1.54) is 7.11 Å². The maximum absolute atomic E-state index is 13.2. The molecule has 3 aromatic rings.